The van der Waals surface area contributed by atoms with Gasteiger partial charge in [-0.1, -0.05) is 57.4 Å². The van der Waals surface area contributed by atoms with Gasteiger partial charge in [-0.25, -0.2) is 0 Å². The molecule has 2 aliphatic carbocycles. The second kappa shape index (κ2) is 6.07. The van der Waals surface area contributed by atoms with Crippen LogP contribution in [0.1, 0.15) is 69.0 Å². The smallest absolute Gasteiger partial charge is 0.0386 e. The standard InChI is InChI=1S/C18H27N.ClH/c1-4-13(2)18-12-8-7-11-16(18)14-9-5-6-10-15(14)17(18)19-3;/h5-6,9-10,13,16-17,19H,4,7-8,11-12H2,1-3H3;1H. The minimum Gasteiger partial charge on any atom is -0.312 e. The van der Waals surface area contributed by atoms with E-state index in [4.69, 9.17) is 0 Å². The fourth-order valence-electron chi connectivity index (χ4n) is 5.07. The summed E-state index contributed by atoms with van der Waals surface area (Å²) in [6.45, 7) is 4.84. The van der Waals surface area contributed by atoms with E-state index in [2.05, 4.69) is 50.5 Å². The quantitative estimate of drug-likeness (QED) is 0.820. The van der Waals surface area contributed by atoms with Crippen molar-refractivity contribution in [2.24, 2.45) is 11.3 Å². The van der Waals surface area contributed by atoms with E-state index in [1.807, 2.05) is 0 Å². The Labute approximate surface area is 130 Å². The Morgan fingerprint density at radius 1 is 1.25 bits per heavy atom. The van der Waals surface area contributed by atoms with Gasteiger partial charge >= 0.3 is 0 Å². The normalized spacial score (nSPS) is 33.0. The SMILES string of the molecule is CCC(C)C12CCCCC1c1ccccc1C2NC.Cl. The van der Waals surface area contributed by atoms with E-state index in [1.54, 1.807) is 11.1 Å². The van der Waals surface area contributed by atoms with Gasteiger partial charge < -0.3 is 5.32 Å². The van der Waals surface area contributed by atoms with Gasteiger partial charge in [0.25, 0.3) is 0 Å². The average Bonchev–Trinajstić information content (AvgIpc) is 2.77. The maximum atomic E-state index is 3.68. The van der Waals surface area contributed by atoms with Crippen molar-refractivity contribution in [3.8, 4) is 0 Å². The highest BCUT2D eigenvalue weighted by atomic mass is 35.5. The number of nitrogens with one attached hydrogen (secondary N) is 1. The summed E-state index contributed by atoms with van der Waals surface area (Å²) < 4.78 is 0. The van der Waals surface area contributed by atoms with Crippen LogP contribution in [0.3, 0.4) is 0 Å². The number of hydrogen-bond acceptors (Lipinski definition) is 1. The van der Waals surface area contributed by atoms with Gasteiger partial charge in [0.2, 0.25) is 0 Å². The lowest BCUT2D eigenvalue weighted by Crippen LogP contribution is -2.43. The molecule has 0 spiro atoms. The predicted octanol–water partition coefficient (Wildman–Crippen LogP) is 5.07. The summed E-state index contributed by atoms with van der Waals surface area (Å²) in [5, 5.41) is 3.68. The molecule has 1 saturated carbocycles. The lowest BCUT2D eigenvalue weighted by molar-refractivity contribution is 0.0476. The van der Waals surface area contributed by atoms with E-state index in [0.717, 1.165) is 11.8 Å². The summed E-state index contributed by atoms with van der Waals surface area (Å²) in [5.41, 5.74) is 3.69. The van der Waals surface area contributed by atoms with E-state index in [-0.39, 0.29) is 12.4 Å². The first-order valence-corrected chi connectivity index (χ1v) is 8.01. The number of fused-ring (bicyclic) bond motifs is 3. The fraction of sp³-hybridized carbons (Fsp3) is 0.667. The summed E-state index contributed by atoms with van der Waals surface area (Å²) in [4.78, 5) is 0. The van der Waals surface area contributed by atoms with Crippen LogP contribution in [0.4, 0.5) is 0 Å². The highest BCUT2D eigenvalue weighted by molar-refractivity contribution is 5.85. The van der Waals surface area contributed by atoms with Gasteiger partial charge in [0.1, 0.15) is 0 Å². The Hall–Kier alpha value is -0.530. The Morgan fingerprint density at radius 2 is 1.95 bits per heavy atom. The maximum absolute atomic E-state index is 3.68. The molecule has 1 N–H and O–H groups in total. The first-order chi connectivity index (χ1) is 9.25. The van der Waals surface area contributed by atoms with Crippen molar-refractivity contribution in [2.45, 2.75) is 57.9 Å². The Kier molecular flexibility index (Phi) is 4.81. The van der Waals surface area contributed by atoms with Crippen molar-refractivity contribution in [1.82, 2.24) is 5.32 Å². The molecule has 0 aliphatic heterocycles. The second-order valence-electron chi connectivity index (χ2n) is 6.57. The number of rotatable bonds is 3. The molecule has 20 heavy (non-hydrogen) atoms. The second-order valence-corrected chi connectivity index (χ2v) is 6.57. The molecule has 2 aliphatic rings. The van der Waals surface area contributed by atoms with Crippen molar-refractivity contribution in [3.05, 3.63) is 35.4 Å². The minimum absolute atomic E-state index is 0. The third kappa shape index (κ3) is 2.02. The van der Waals surface area contributed by atoms with Crippen LogP contribution in [0.5, 0.6) is 0 Å². The molecule has 4 unspecified atom stereocenters. The zero-order valence-electron chi connectivity index (χ0n) is 13.0. The van der Waals surface area contributed by atoms with Crippen LogP contribution in [0.25, 0.3) is 0 Å². The highest BCUT2D eigenvalue weighted by Crippen LogP contribution is 2.64. The van der Waals surface area contributed by atoms with Crippen molar-refractivity contribution < 1.29 is 0 Å². The Balaban J connectivity index is 0.00000147. The minimum atomic E-state index is 0. The van der Waals surface area contributed by atoms with Gasteiger partial charge in [-0.2, -0.15) is 0 Å². The molecule has 1 fully saturated rings. The first kappa shape index (κ1) is 15.9. The topological polar surface area (TPSA) is 12.0 Å². The third-order valence-electron chi connectivity index (χ3n) is 6.04. The molecule has 1 aromatic carbocycles. The Bertz CT molecular complexity index is 431. The summed E-state index contributed by atoms with van der Waals surface area (Å²) in [6, 6.07) is 9.75. The molecule has 0 saturated heterocycles. The van der Waals surface area contributed by atoms with Crippen LogP contribution in [0, 0.1) is 11.3 Å². The summed E-state index contributed by atoms with van der Waals surface area (Å²) >= 11 is 0. The van der Waals surface area contributed by atoms with Crippen LogP contribution in [0.2, 0.25) is 0 Å². The van der Waals surface area contributed by atoms with Crippen LogP contribution in [-0.2, 0) is 0 Å². The van der Waals surface area contributed by atoms with Crippen LogP contribution in [0.15, 0.2) is 24.3 Å². The molecule has 112 valence electrons. The van der Waals surface area contributed by atoms with Gasteiger partial charge in [-0.05, 0) is 48.3 Å². The molecular formula is C18H28ClN. The molecule has 3 rings (SSSR count). The zero-order valence-corrected chi connectivity index (χ0v) is 13.8. The Morgan fingerprint density at radius 3 is 2.60 bits per heavy atom. The van der Waals surface area contributed by atoms with Crippen LogP contribution >= 0.6 is 12.4 Å². The molecule has 1 nitrogen and oxygen atoms in total. The van der Waals surface area contributed by atoms with Gasteiger partial charge in [-0.3, -0.25) is 0 Å². The number of benzene rings is 1. The van der Waals surface area contributed by atoms with E-state index in [1.165, 1.54) is 32.1 Å². The molecule has 0 radical (unpaired) electrons. The molecule has 0 aromatic heterocycles. The molecule has 1 aromatic rings. The number of hydrogen-bond donors (Lipinski definition) is 1. The molecule has 2 heteroatoms. The van der Waals surface area contributed by atoms with Crippen molar-refractivity contribution in [3.63, 3.8) is 0 Å². The van der Waals surface area contributed by atoms with Gasteiger partial charge in [-0.15, -0.1) is 12.4 Å². The third-order valence-corrected chi connectivity index (χ3v) is 6.04. The zero-order chi connectivity index (χ0) is 13.5. The molecular weight excluding hydrogens is 266 g/mol. The average molecular weight is 294 g/mol. The van der Waals surface area contributed by atoms with Crippen molar-refractivity contribution >= 4 is 12.4 Å². The van der Waals surface area contributed by atoms with Gasteiger partial charge in [0, 0.05) is 6.04 Å². The van der Waals surface area contributed by atoms with Gasteiger partial charge in [0.05, 0.1) is 0 Å². The van der Waals surface area contributed by atoms with Gasteiger partial charge in [0.15, 0.2) is 0 Å². The summed E-state index contributed by atoms with van der Waals surface area (Å²) in [5.74, 6) is 1.58. The molecule has 0 bridgehead atoms. The van der Waals surface area contributed by atoms with E-state index in [9.17, 15) is 0 Å². The van der Waals surface area contributed by atoms with Crippen molar-refractivity contribution in [2.75, 3.05) is 7.05 Å². The fourth-order valence-corrected chi connectivity index (χ4v) is 5.07. The van der Waals surface area contributed by atoms with E-state index >= 15 is 0 Å². The van der Waals surface area contributed by atoms with Crippen LogP contribution < -0.4 is 5.32 Å². The largest absolute Gasteiger partial charge is 0.312 e. The highest BCUT2D eigenvalue weighted by Gasteiger charge is 2.55. The lowest BCUT2D eigenvalue weighted by Gasteiger charge is -2.48. The monoisotopic (exact) mass is 293 g/mol. The lowest BCUT2D eigenvalue weighted by atomic mass is 9.58. The van der Waals surface area contributed by atoms with Crippen LogP contribution in [-0.4, -0.2) is 7.05 Å². The first-order valence-electron chi connectivity index (χ1n) is 8.01. The molecule has 4 atom stereocenters. The maximum Gasteiger partial charge on any atom is 0.0386 e. The summed E-state index contributed by atoms with van der Waals surface area (Å²) in [7, 11) is 2.16. The summed E-state index contributed by atoms with van der Waals surface area (Å²) in [6.07, 6.45) is 6.90. The van der Waals surface area contributed by atoms with E-state index < -0.39 is 0 Å². The van der Waals surface area contributed by atoms with Crippen molar-refractivity contribution in [1.29, 1.82) is 0 Å². The van der Waals surface area contributed by atoms with E-state index in [0.29, 0.717) is 11.5 Å². The number of halogens is 1. The molecule has 0 amide bonds. The predicted molar refractivity (Wildman–Crippen MR) is 88.6 cm³/mol. The molecule has 0 heterocycles.